The largest absolute Gasteiger partial charge is 0.507 e. The van der Waals surface area contributed by atoms with Crippen LogP contribution in [0.3, 0.4) is 0 Å². The number of rotatable bonds is 4. The molecule has 0 saturated carbocycles. The number of phenols is 1. The number of benzene rings is 2. The van der Waals surface area contributed by atoms with Gasteiger partial charge < -0.3 is 5.11 Å². The van der Waals surface area contributed by atoms with Gasteiger partial charge >= 0.3 is 0 Å². The molecule has 0 unspecified atom stereocenters. The highest BCUT2D eigenvalue weighted by atomic mass is 35.5. The number of aryl methyl sites for hydroxylation is 1. The van der Waals surface area contributed by atoms with Crippen LogP contribution in [-0.4, -0.2) is 15.5 Å². The maximum absolute atomic E-state index is 12.8. The van der Waals surface area contributed by atoms with E-state index in [0.29, 0.717) is 10.7 Å². The monoisotopic (exact) mass is 378 g/mol. The van der Waals surface area contributed by atoms with Crippen molar-refractivity contribution in [2.45, 2.75) is 13.3 Å². The van der Waals surface area contributed by atoms with Gasteiger partial charge in [-0.2, -0.15) is 5.26 Å². The molecule has 0 aliphatic rings. The van der Waals surface area contributed by atoms with E-state index in [2.05, 4.69) is 0 Å². The van der Waals surface area contributed by atoms with Crippen LogP contribution in [0.4, 0.5) is 0 Å². The number of nitrogens with zero attached hydrogens (tertiary/aromatic N) is 2. The molecule has 0 aliphatic carbocycles. The topological polar surface area (TPSA) is 83.1 Å². The van der Waals surface area contributed by atoms with Crippen molar-refractivity contribution in [1.82, 2.24) is 4.57 Å². The normalized spacial score (nSPS) is 10.4. The molecule has 1 N–H and O–H groups in total. The summed E-state index contributed by atoms with van der Waals surface area (Å²) >= 11 is 5.92. The maximum Gasteiger partial charge on any atom is 0.273 e. The summed E-state index contributed by atoms with van der Waals surface area (Å²) in [5, 5.41) is 19.6. The van der Waals surface area contributed by atoms with Gasteiger partial charge in [0.05, 0.1) is 5.56 Å². The highest BCUT2D eigenvalue weighted by Crippen LogP contribution is 2.24. The van der Waals surface area contributed by atoms with Crippen LogP contribution >= 0.6 is 11.6 Å². The molecule has 0 saturated heterocycles. The average Bonchev–Trinajstić information content (AvgIpc) is 2.69. The number of phenolic OH excluding ortho intramolecular Hbond substituents is 1. The lowest BCUT2D eigenvalue weighted by Gasteiger charge is -2.11. The predicted octanol–water partition coefficient (Wildman–Crippen LogP) is 3.86. The van der Waals surface area contributed by atoms with Gasteiger partial charge in [-0.15, -0.1) is 0 Å². The number of aromatic nitrogens is 1. The number of aromatic hydroxyl groups is 1. The Morgan fingerprint density at radius 3 is 2.52 bits per heavy atom. The second-order valence-electron chi connectivity index (χ2n) is 5.94. The van der Waals surface area contributed by atoms with Gasteiger partial charge in [-0.1, -0.05) is 30.7 Å². The highest BCUT2D eigenvalue weighted by Gasteiger charge is 2.18. The van der Waals surface area contributed by atoms with Crippen molar-refractivity contribution in [3.8, 4) is 17.5 Å². The summed E-state index contributed by atoms with van der Waals surface area (Å²) in [5.41, 5.74) is 1.05. The fraction of sp³-hybridized carbons (Fsp3) is 0.0952. The molecule has 0 amide bonds. The lowest BCUT2D eigenvalue weighted by molar-refractivity contribution is 0.103. The third kappa shape index (κ3) is 3.62. The first kappa shape index (κ1) is 18.4. The van der Waals surface area contributed by atoms with E-state index in [-0.39, 0.29) is 22.4 Å². The van der Waals surface area contributed by atoms with Crippen molar-refractivity contribution < 1.29 is 9.90 Å². The predicted molar refractivity (Wildman–Crippen MR) is 103 cm³/mol. The van der Waals surface area contributed by atoms with Crippen molar-refractivity contribution in [3.63, 3.8) is 0 Å². The van der Waals surface area contributed by atoms with Gasteiger partial charge in [0.1, 0.15) is 17.4 Å². The molecule has 0 radical (unpaired) electrons. The number of carbonyl (C=O) groups is 1. The number of halogens is 1. The molecule has 1 heterocycles. The Morgan fingerprint density at radius 2 is 1.89 bits per heavy atom. The molecule has 0 aliphatic heterocycles. The molecule has 0 atom stereocenters. The number of hydrogen-bond acceptors (Lipinski definition) is 4. The zero-order valence-electron chi connectivity index (χ0n) is 14.4. The first-order valence-corrected chi connectivity index (χ1v) is 8.61. The Hall–Kier alpha value is -3.36. The van der Waals surface area contributed by atoms with Crippen molar-refractivity contribution >= 4 is 17.4 Å². The summed E-state index contributed by atoms with van der Waals surface area (Å²) in [4.78, 5) is 25.4. The van der Waals surface area contributed by atoms with Gasteiger partial charge in [0.25, 0.3) is 5.56 Å². The molecular weight excluding hydrogens is 364 g/mol. The minimum atomic E-state index is -0.537. The van der Waals surface area contributed by atoms with E-state index in [9.17, 15) is 20.0 Å². The van der Waals surface area contributed by atoms with Crippen LogP contribution in [0.15, 0.2) is 59.5 Å². The van der Waals surface area contributed by atoms with Crippen LogP contribution in [-0.2, 0) is 6.42 Å². The lowest BCUT2D eigenvalue weighted by Crippen LogP contribution is -2.22. The Morgan fingerprint density at radius 1 is 1.19 bits per heavy atom. The second kappa shape index (κ2) is 7.48. The summed E-state index contributed by atoms with van der Waals surface area (Å²) in [6.45, 7) is 2.02. The molecule has 1 aromatic heterocycles. The maximum atomic E-state index is 12.8. The summed E-state index contributed by atoms with van der Waals surface area (Å²) in [5.74, 6) is -0.765. The zero-order chi connectivity index (χ0) is 19.6. The Bertz CT molecular complexity index is 1130. The number of carbonyl (C=O) groups excluding carboxylic acids is 1. The molecule has 0 fully saturated rings. The third-order valence-corrected chi connectivity index (χ3v) is 4.46. The quantitative estimate of drug-likeness (QED) is 0.699. The molecule has 5 nitrogen and oxygen atoms in total. The second-order valence-corrected chi connectivity index (χ2v) is 6.38. The molecular formula is C21H15ClN2O3. The lowest BCUT2D eigenvalue weighted by atomic mass is 10.0. The molecule has 3 aromatic rings. The average molecular weight is 379 g/mol. The number of nitriles is 1. The fourth-order valence-corrected chi connectivity index (χ4v) is 2.89. The van der Waals surface area contributed by atoms with Crippen molar-refractivity contribution in [2.24, 2.45) is 0 Å². The first-order valence-electron chi connectivity index (χ1n) is 8.24. The third-order valence-electron chi connectivity index (χ3n) is 4.23. The zero-order valence-corrected chi connectivity index (χ0v) is 15.2. The van der Waals surface area contributed by atoms with Crippen molar-refractivity contribution in [1.29, 1.82) is 5.26 Å². The van der Waals surface area contributed by atoms with Crippen LogP contribution in [0.1, 0.15) is 34.0 Å². The molecule has 134 valence electrons. The van der Waals surface area contributed by atoms with Gasteiger partial charge in [-0.3, -0.25) is 14.2 Å². The SMILES string of the molecule is CCc1ccc(-n2cc(C(=O)c3cc(Cl)ccc3O)cc(C#N)c2=O)cc1. The molecule has 0 bridgehead atoms. The molecule has 27 heavy (non-hydrogen) atoms. The number of hydrogen-bond donors (Lipinski definition) is 1. The van der Waals surface area contributed by atoms with Crippen molar-refractivity contribution in [3.05, 3.63) is 92.4 Å². The van der Waals surface area contributed by atoms with Gasteiger partial charge in [0.15, 0.2) is 5.78 Å². The highest BCUT2D eigenvalue weighted by molar-refractivity contribution is 6.31. The van der Waals surface area contributed by atoms with Crippen LogP contribution < -0.4 is 5.56 Å². The van der Waals surface area contributed by atoms with Crippen LogP contribution in [0.5, 0.6) is 5.75 Å². The Kier molecular flexibility index (Phi) is 5.11. The minimum absolute atomic E-state index is 0.00193. The summed E-state index contributed by atoms with van der Waals surface area (Å²) in [6.07, 6.45) is 2.22. The summed E-state index contributed by atoms with van der Waals surface area (Å²) in [7, 11) is 0. The van der Waals surface area contributed by atoms with Crippen LogP contribution in [0.25, 0.3) is 5.69 Å². The van der Waals surface area contributed by atoms with Crippen LogP contribution in [0.2, 0.25) is 5.02 Å². The number of ketones is 1. The van der Waals surface area contributed by atoms with Gasteiger partial charge in [-0.25, -0.2) is 0 Å². The van der Waals surface area contributed by atoms with Gasteiger partial charge in [-0.05, 0) is 48.4 Å². The molecule has 2 aromatic carbocycles. The van der Waals surface area contributed by atoms with E-state index in [4.69, 9.17) is 11.6 Å². The van der Waals surface area contributed by atoms with E-state index in [1.54, 1.807) is 12.1 Å². The fourth-order valence-electron chi connectivity index (χ4n) is 2.72. The first-order chi connectivity index (χ1) is 12.9. The molecule has 3 rings (SSSR count). The summed E-state index contributed by atoms with van der Waals surface area (Å²) in [6, 6.07) is 14.5. The molecule has 0 spiro atoms. The molecule has 6 heteroatoms. The van der Waals surface area contributed by atoms with Crippen molar-refractivity contribution in [2.75, 3.05) is 0 Å². The number of pyridine rings is 1. The van der Waals surface area contributed by atoms with E-state index in [0.717, 1.165) is 12.0 Å². The van der Waals surface area contributed by atoms with E-state index >= 15 is 0 Å². The van der Waals surface area contributed by atoms with E-state index < -0.39 is 11.3 Å². The van der Waals surface area contributed by atoms with Crippen LogP contribution in [0, 0.1) is 11.3 Å². The Balaban J connectivity index is 2.17. The van der Waals surface area contributed by atoms with E-state index in [1.165, 1.54) is 35.0 Å². The standard InChI is InChI=1S/C21H15ClN2O3/c1-2-13-3-6-17(7-4-13)24-12-15(9-14(11-23)21(24)27)20(26)18-10-16(22)5-8-19(18)25/h3-10,12,25H,2H2,1H3. The minimum Gasteiger partial charge on any atom is -0.507 e. The van der Waals surface area contributed by atoms with Gasteiger partial charge in [0.2, 0.25) is 0 Å². The van der Waals surface area contributed by atoms with E-state index in [1.807, 2.05) is 25.1 Å². The summed E-state index contributed by atoms with van der Waals surface area (Å²) < 4.78 is 1.26. The smallest absolute Gasteiger partial charge is 0.273 e. The Labute approximate surface area is 160 Å². The van der Waals surface area contributed by atoms with Gasteiger partial charge in [0, 0.05) is 22.5 Å².